The van der Waals surface area contributed by atoms with Gasteiger partial charge in [0.1, 0.15) is 5.69 Å². The van der Waals surface area contributed by atoms with Crippen molar-refractivity contribution in [3.63, 3.8) is 0 Å². The molecule has 1 aromatic heterocycles. The minimum Gasteiger partial charge on any atom is -0.478 e. The van der Waals surface area contributed by atoms with Gasteiger partial charge in [0.05, 0.1) is 0 Å². The van der Waals surface area contributed by atoms with Crippen molar-refractivity contribution in [3.8, 4) is 0 Å². The molecule has 0 atom stereocenters. The fraction of sp³-hybridized carbons (Fsp3) is 0.357. The smallest absolute Gasteiger partial charge is 0.328 e. The molecule has 20 heavy (non-hydrogen) atoms. The topological polar surface area (TPSA) is 79.3 Å². The molecule has 6 heteroatoms. The number of aliphatic carboxylic acids is 1. The van der Waals surface area contributed by atoms with Crippen LogP contribution in [0.2, 0.25) is 0 Å². The van der Waals surface area contributed by atoms with Crippen molar-refractivity contribution in [3.05, 3.63) is 35.7 Å². The third kappa shape index (κ3) is 4.09. The van der Waals surface area contributed by atoms with Gasteiger partial charge in [0.2, 0.25) is 0 Å². The summed E-state index contributed by atoms with van der Waals surface area (Å²) in [6.07, 6.45) is 5.85. The summed E-state index contributed by atoms with van der Waals surface area (Å²) in [7, 11) is 0. The molecule has 2 N–H and O–H groups in total. The van der Waals surface area contributed by atoms with E-state index in [1.807, 2.05) is 11.8 Å². The highest BCUT2D eigenvalue weighted by Crippen LogP contribution is 2.17. The molecule has 2 heterocycles. The first-order valence-corrected chi connectivity index (χ1v) is 7.57. The summed E-state index contributed by atoms with van der Waals surface area (Å²) in [6.45, 7) is 0. The molecule has 1 amide bonds. The number of hydrogen-bond acceptors (Lipinski definition) is 4. The molecule has 1 saturated heterocycles. The monoisotopic (exact) mass is 292 g/mol. The number of carbonyl (C=O) groups excluding carboxylic acids is 1. The van der Waals surface area contributed by atoms with Crippen LogP contribution in [-0.2, 0) is 4.79 Å². The van der Waals surface area contributed by atoms with E-state index in [0.717, 1.165) is 30.4 Å². The third-order valence-electron chi connectivity index (χ3n) is 3.02. The Labute approximate surface area is 121 Å². The molecule has 106 valence electrons. The Balaban J connectivity index is 2.10. The summed E-state index contributed by atoms with van der Waals surface area (Å²) in [4.78, 5) is 26.8. The lowest BCUT2D eigenvalue weighted by atomic mass is 10.1. The molecule has 0 aliphatic carbocycles. The first kappa shape index (κ1) is 14.6. The summed E-state index contributed by atoms with van der Waals surface area (Å²) >= 11 is 1.89. The van der Waals surface area contributed by atoms with Crippen LogP contribution >= 0.6 is 11.8 Å². The van der Waals surface area contributed by atoms with Gasteiger partial charge in [-0.3, -0.25) is 9.78 Å². The highest BCUT2D eigenvalue weighted by molar-refractivity contribution is 7.99. The molecule has 2 rings (SSSR count). The highest BCUT2D eigenvalue weighted by atomic mass is 32.2. The van der Waals surface area contributed by atoms with Crippen LogP contribution in [0.15, 0.2) is 24.4 Å². The maximum Gasteiger partial charge on any atom is 0.328 e. The maximum atomic E-state index is 12.2. The van der Waals surface area contributed by atoms with E-state index in [0.29, 0.717) is 5.56 Å². The van der Waals surface area contributed by atoms with Crippen molar-refractivity contribution < 1.29 is 14.7 Å². The number of carbonyl (C=O) groups is 2. The largest absolute Gasteiger partial charge is 0.478 e. The maximum absolute atomic E-state index is 12.2. The quantitative estimate of drug-likeness (QED) is 0.827. The predicted octanol–water partition coefficient (Wildman–Crippen LogP) is 1.80. The standard InChI is InChI=1S/C14H16N2O3S/c17-12(18)4-3-10-2-1-7-15-13(10)14(19)16-11-5-8-20-9-6-11/h1-4,7,11H,5-6,8-9H2,(H,16,19)(H,17,18)/b4-3+. The van der Waals surface area contributed by atoms with Crippen molar-refractivity contribution >= 4 is 29.7 Å². The van der Waals surface area contributed by atoms with Crippen LogP contribution in [0.3, 0.4) is 0 Å². The first-order valence-electron chi connectivity index (χ1n) is 6.41. The van der Waals surface area contributed by atoms with Gasteiger partial charge in [0.15, 0.2) is 0 Å². The number of nitrogens with one attached hydrogen (secondary N) is 1. The third-order valence-corrected chi connectivity index (χ3v) is 4.06. The second-order valence-corrected chi connectivity index (χ2v) is 5.70. The first-order chi connectivity index (χ1) is 9.66. The van der Waals surface area contributed by atoms with Crippen molar-refractivity contribution in [2.45, 2.75) is 18.9 Å². The SMILES string of the molecule is O=C(O)/C=C/c1cccnc1C(=O)NC1CCSCC1. The number of pyridine rings is 1. The van der Waals surface area contributed by atoms with Gasteiger partial charge in [-0.15, -0.1) is 0 Å². The second kappa shape index (κ2) is 7.09. The zero-order valence-corrected chi connectivity index (χ0v) is 11.7. The van der Waals surface area contributed by atoms with E-state index in [2.05, 4.69) is 10.3 Å². The minimum absolute atomic E-state index is 0.182. The molecule has 0 saturated carbocycles. The van der Waals surface area contributed by atoms with Crippen LogP contribution in [0.4, 0.5) is 0 Å². The molecule has 0 aromatic carbocycles. The van der Waals surface area contributed by atoms with E-state index in [1.54, 1.807) is 12.1 Å². The fourth-order valence-electron chi connectivity index (χ4n) is 2.00. The van der Waals surface area contributed by atoms with E-state index in [4.69, 9.17) is 5.11 Å². The number of carboxylic acids is 1. The van der Waals surface area contributed by atoms with Crippen molar-refractivity contribution in [2.75, 3.05) is 11.5 Å². The molecule has 0 unspecified atom stereocenters. The minimum atomic E-state index is -1.05. The van der Waals surface area contributed by atoms with Gasteiger partial charge in [0.25, 0.3) is 5.91 Å². The molecular formula is C14H16N2O3S. The number of rotatable bonds is 4. The zero-order chi connectivity index (χ0) is 14.4. The average molecular weight is 292 g/mol. The van der Waals surface area contributed by atoms with E-state index in [-0.39, 0.29) is 17.6 Å². The molecule has 1 aromatic rings. The van der Waals surface area contributed by atoms with Crippen LogP contribution in [0.25, 0.3) is 6.08 Å². The Morgan fingerprint density at radius 1 is 1.40 bits per heavy atom. The molecule has 1 fully saturated rings. The number of carboxylic acid groups (broad SMARTS) is 1. The summed E-state index contributed by atoms with van der Waals surface area (Å²) in [5.41, 5.74) is 0.779. The van der Waals surface area contributed by atoms with Gasteiger partial charge >= 0.3 is 5.97 Å². The van der Waals surface area contributed by atoms with Crippen LogP contribution < -0.4 is 5.32 Å². The van der Waals surface area contributed by atoms with Crippen molar-refractivity contribution in [2.24, 2.45) is 0 Å². The van der Waals surface area contributed by atoms with E-state index >= 15 is 0 Å². The van der Waals surface area contributed by atoms with E-state index in [1.165, 1.54) is 12.3 Å². The number of hydrogen-bond donors (Lipinski definition) is 2. The fourth-order valence-corrected chi connectivity index (χ4v) is 3.11. The highest BCUT2D eigenvalue weighted by Gasteiger charge is 2.18. The lowest BCUT2D eigenvalue weighted by Gasteiger charge is -2.22. The Morgan fingerprint density at radius 2 is 2.15 bits per heavy atom. The second-order valence-electron chi connectivity index (χ2n) is 4.47. The molecule has 1 aliphatic rings. The summed E-state index contributed by atoms with van der Waals surface area (Å²) in [5.74, 6) is 0.815. The molecule has 0 radical (unpaired) electrons. The van der Waals surface area contributed by atoms with E-state index < -0.39 is 5.97 Å². The van der Waals surface area contributed by atoms with Crippen LogP contribution in [-0.4, -0.2) is 39.5 Å². The molecule has 0 spiro atoms. The Bertz CT molecular complexity index is 525. The van der Waals surface area contributed by atoms with Gasteiger partial charge in [-0.05, 0) is 36.5 Å². The van der Waals surface area contributed by atoms with Gasteiger partial charge in [0, 0.05) is 23.9 Å². The lowest BCUT2D eigenvalue weighted by Crippen LogP contribution is -2.38. The average Bonchev–Trinajstić information content (AvgIpc) is 2.46. The van der Waals surface area contributed by atoms with Crippen LogP contribution in [0.1, 0.15) is 28.9 Å². The summed E-state index contributed by atoms with van der Waals surface area (Å²) < 4.78 is 0. The van der Waals surface area contributed by atoms with Crippen molar-refractivity contribution in [1.29, 1.82) is 0 Å². The van der Waals surface area contributed by atoms with Gasteiger partial charge < -0.3 is 10.4 Å². The Morgan fingerprint density at radius 3 is 2.85 bits per heavy atom. The molecule has 5 nitrogen and oxygen atoms in total. The lowest BCUT2D eigenvalue weighted by molar-refractivity contribution is -0.131. The normalized spacial score (nSPS) is 16.2. The number of aromatic nitrogens is 1. The molecule has 0 bridgehead atoms. The van der Waals surface area contributed by atoms with E-state index in [9.17, 15) is 9.59 Å². The van der Waals surface area contributed by atoms with Gasteiger partial charge in [-0.1, -0.05) is 6.07 Å². The Kier molecular flexibility index (Phi) is 5.17. The van der Waals surface area contributed by atoms with Crippen LogP contribution in [0, 0.1) is 0 Å². The molecule has 1 aliphatic heterocycles. The van der Waals surface area contributed by atoms with Crippen molar-refractivity contribution in [1.82, 2.24) is 10.3 Å². The van der Waals surface area contributed by atoms with Gasteiger partial charge in [-0.25, -0.2) is 4.79 Å². The number of thioether (sulfide) groups is 1. The Hall–Kier alpha value is -1.82. The predicted molar refractivity (Wildman–Crippen MR) is 78.7 cm³/mol. The summed E-state index contributed by atoms with van der Waals surface area (Å²) in [5, 5.41) is 11.6. The zero-order valence-electron chi connectivity index (χ0n) is 10.9. The summed E-state index contributed by atoms with van der Waals surface area (Å²) in [6, 6.07) is 3.54. The molecular weight excluding hydrogens is 276 g/mol. The number of amides is 1. The number of nitrogens with zero attached hydrogens (tertiary/aromatic N) is 1. The van der Waals surface area contributed by atoms with Gasteiger partial charge in [-0.2, -0.15) is 11.8 Å². The van der Waals surface area contributed by atoms with Crippen LogP contribution in [0.5, 0.6) is 0 Å².